The Labute approximate surface area is 176 Å². The largest absolute Gasteiger partial charge is 0.466 e. The lowest BCUT2D eigenvalue weighted by molar-refractivity contribution is -0.149. The van der Waals surface area contributed by atoms with E-state index in [0.29, 0.717) is 31.1 Å². The number of nitrogens with zero attached hydrogens (tertiary/aromatic N) is 1. The van der Waals surface area contributed by atoms with Crippen molar-refractivity contribution in [1.82, 2.24) is 10.6 Å². The van der Waals surface area contributed by atoms with Gasteiger partial charge in [-0.15, -0.1) is 24.0 Å². The number of ether oxygens (including phenoxy) is 1. The van der Waals surface area contributed by atoms with Gasteiger partial charge >= 0.3 is 5.97 Å². The van der Waals surface area contributed by atoms with Crippen LogP contribution in [0.1, 0.15) is 38.2 Å². The van der Waals surface area contributed by atoms with Crippen LogP contribution in [0.3, 0.4) is 0 Å². The molecule has 2 N–H and O–H groups in total. The molecule has 0 heterocycles. The van der Waals surface area contributed by atoms with Crippen LogP contribution in [0.5, 0.6) is 0 Å². The van der Waals surface area contributed by atoms with Crippen molar-refractivity contribution in [2.75, 3.05) is 20.2 Å². The summed E-state index contributed by atoms with van der Waals surface area (Å²) in [4.78, 5) is 15.9. The van der Waals surface area contributed by atoms with Gasteiger partial charge in [-0.2, -0.15) is 0 Å². The third-order valence-corrected chi connectivity index (χ3v) is 4.63. The topological polar surface area (TPSA) is 62.7 Å². The van der Waals surface area contributed by atoms with Crippen molar-refractivity contribution in [3.05, 3.63) is 35.4 Å². The first kappa shape index (κ1) is 23.6. The number of guanidine groups is 1. The molecule has 1 aliphatic carbocycles. The van der Waals surface area contributed by atoms with Crippen molar-refractivity contribution >= 4 is 35.9 Å². The van der Waals surface area contributed by atoms with E-state index < -0.39 is 11.6 Å². The molecular formula is C19H28F2IN3O2. The molecule has 0 spiro atoms. The molecular weight excluding hydrogens is 467 g/mol. The zero-order valence-electron chi connectivity index (χ0n) is 15.8. The van der Waals surface area contributed by atoms with Crippen LogP contribution in [0.25, 0.3) is 0 Å². The van der Waals surface area contributed by atoms with E-state index in [1.165, 1.54) is 6.07 Å². The summed E-state index contributed by atoms with van der Waals surface area (Å²) in [7, 11) is 1.67. The second-order valence-corrected chi connectivity index (χ2v) is 6.41. The Morgan fingerprint density at radius 2 is 1.96 bits per heavy atom. The SMILES string of the molecule is CCOC(=O)C1CCC(NC(=NC)NCCc2cccc(F)c2F)CC1.I. The summed E-state index contributed by atoms with van der Waals surface area (Å²) in [6.07, 6.45) is 3.68. The first-order chi connectivity index (χ1) is 12.5. The first-order valence-corrected chi connectivity index (χ1v) is 9.11. The maximum absolute atomic E-state index is 13.7. The summed E-state index contributed by atoms with van der Waals surface area (Å²) >= 11 is 0. The van der Waals surface area contributed by atoms with Crippen LogP contribution in [0.2, 0.25) is 0 Å². The second kappa shape index (κ2) is 12.1. The van der Waals surface area contributed by atoms with E-state index in [0.717, 1.165) is 31.7 Å². The number of hydrogen-bond donors (Lipinski definition) is 2. The molecule has 5 nitrogen and oxygen atoms in total. The maximum Gasteiger partial charge on any atom is 0.308 e. The van der Waals surface area contributed by atoms with Crippen LogP contribution in [-0.4, -0.2) is 38.2 Å². The highest BCUT2D eigenvalue weighted by Gasteiger charge is 2.27. The Morgan fingerprint density at radius 1 is 1.26 bits per heavy atom. The molecule has 0 bridgehead atoms. The van der Waals surface area contributed by atoms with Crippen LogP contribution in [0.4, 0.5) is 8.78 Å². The lowest BCUT2D eigenvalue weighted by Crippen LogP contribution is -2.45. The number of carbonyl (C=O) groups is 1. The van der Waals surface area contributed by atoms with E-state index in [2.05, 4.69) is 15.6 Å². The highest BCUT2D eigenvalue weighted by Crippen LogP contribution is 2.25. The Bertz CT molecular complexity index is 635. The van der Waals surface area contributed by atoms with E-state index in [1.807, 2.05) is 6.92 Å². The zero-order valence-corrected chi connectivity index (χ0v) is 18.1. The minimum absolute atomic E-state index is 0. The molecule has 0 amide bonds. The molecule has 1 fully saturated rings. The third-order valence-electron chi connectivity index (χ3n) is 4.63. The molecule has 1 aromatic rings. The zero-order chi connectivity index (χ0) is 18.9. The van der Waals surface area contributed by atoms with Crippen molar-refractivity contribution in [3.63, 3.8) is 0 Å². The first-order valence-electron chi connectivity index (χ1n) is 9.11. The molecule has 0 atom stereocenters. The molecule has 27 heavy (non-hydrogen) atoms. The molecule has 0 unspecified atom stereocenters. The number of carbonyl (C=O) groups excluding carboxylic acids is 1. The molecule has 2 rings (SSSR count). The molecule has 0 aliphatic heterocycles. The normalized spacial score (nSPS) is 19.8. The minimum atomic E-state index is -0.830. The number of aliphatic imine (C=N–C) groups is 1. The van der Waals surface area contributed by atoms with Gasteiger partial charge in [0.05, 0.1) is 12.5 Å². The van der Waals surface area contributed by atoms with Crippen molar-refractivity contribution in [2.24, 2.45) is 10.9 Å². The Morgan fingerprint density at radius 3 is 2.59 bits per heavy atom. The van der Waals surface area contributed by atoms with Gasteiger partial charge in [0.1, 0.15) is 0 Å². The maximum atomic E-state index is 13.7. The summed E-state index contributed by atoms with van der Waals surface area (Å²) in [5, 5.41) is 6.45. The van der Waals surface area contributed by atoms with Crippen molar-refractivity contribution in [2.45, 2.75) is 45.1 Å². The lowest BCUT2D eigenvalue weighted by atomic mass is 9.86. The average molecular weight is 495 g/mol. The van der Waals surface area contributed by atoms with E-state index >= 15 is 0 Å². The highest BCUT2D eigenvalue weighted by atomic mass is 127. The molecule has 0 saturated heterocycles. The van der Waals surface area contributed by atoms with Crippen LogP contribution < -0.4 is 10.6 Å². The summed E-state index contributed by atoms with van der Waals surface area (Å²) in [6, 6.07) is 4.42. The Balaban J connectivity index is 0.00000364. The number of esters is 1. The van der Waals surface area contributed by atoms with Gasteiger partial charge in [-0.1, -0.05) is 12.1 Å². The number of benzene rings is 1. The van der Waals surface area contributed by atoms with E-state index in [1.54, 1.807) is 13.1 Å². The quantitative estimate of drug-likeness (QED) is 0.275. The van der Waals surface area contributed by atoms with Gasteiger partial charge in [-0.3, -0.25) is 9.79 Å². The van der Waals surface area contributed by atoms with Crippen LogP contribution >= 0.6 is 24.0 Å². The highest BCUT2D eigenvalue weighted by molar-refractivity contribution is 14.0. The van der Waals surface area contributed by atoms with Crippen molar-refractivity contribution in [1.29, 1.82) is 0 Å². The number of halogens is 3. The number of hydrogen-bond acceptors (Lipinski definition) is 3. The van der Waals surface area contributed by atoms with Gasteiger partial charge in [-0.05, 0) is 50.7 Å². The number of nitrogens with one attached hydrogen (secondary N) is 2. The average Bonchev–Trinajstić information content (AvgIpc) is 2.65. The van der Waals surface area contributed by atoms with Gasteiger partial charge in [-0.25, -0.2) is 8.78 Å². The van der Waals surface area contributed by atoms with Gasteiger partial charge < -0.3 is 15.4 Å². The predicted molar refractivity (Wildman–Crippen MR) is 112 cm³/mol. The standard InChI is InChI=1S/C19H27F2N3O2.HI/c1-3-26-18(25)14-7-9-15(10-8-14)24-19(22-2)23-12-11-13-5-4-6-16(20)17(13)21;/h4-6,14-15H,3,7-12H2,1-2H3,(H2,22,23,24);1H. The fourth-order valence-electron chi connectivity index (χ4n) is 3.18. The monoisotopic (exact) mass is 495 g/mol. The van der Waals surface area contributed by atoms with Crippen LogP contribution in [0, 0.1) is 17.6 Å². The molecule has 1 aromatic carbocycles. The van der Waals surface area contributed by atoms with Gasteiger partial charge in [0.25, 0.3) is 0 Å². The summed E-state index contributed by atoms with van der Waals surface area (Å²) in [5.41, 5.74) is 0.336. The molecule has 1 aliphatic rings. The fraction of sp³-hybridized carbons (Fsp3) is 0.579. The summed E-state index contributed by atoms with van der Waals surface area (Å²) in [6.45, 7) is 2.67. The van der Waals surface area contributed by atoms with E-state index in [4.69, 9.17) is 4.74 Å². The van der Waals surface area contributed by atoms with Gasteiger partial charge in [0.15, 0.2) is 17.6 Å². The van der Waals surface area contributed by atoms with Crippen LogP contribution in [0.15, 0.2) is 23.2 Å². The second-order valence-electron chi connectivity index (χ2n) is 6.41. The van der Waals surface area contributed by atoms with Gasteiger partial charge in [0.2, 0.25) is 0 Å². The van der Waals surface area contributed by atoms with Crippen LogP contribution in [-0.2, 0) is 16.0 Å². The number of rotatable bonds is 6. The summed E-state index contributed by atoms with van der Waals surface area (Å²) in [5.74, 6) is -1.12. The molecule has 1 saturated carbocycles. The van der Waals surface area contributed by atoms with E-state index in [-0.39, 0.29) is 41.9 Å². The molecule has 152 valence electrons. The summed E-state index contributed by atoms with van der Waals surface area (Å²) < 4.78 is 31.9. The molecule has 0 aromatic heterocycles. The minimum Gasteiger partial charge on any atom is -0.466 e. The van der Waals surface area contributed by atoms with E-state index in [9.17, 15) is 13.6 Å². The smallest absolute Gasteiger partial charge is 0.308 e. The lowest BCUT2D eigenvalue weighted by Gasteiger charge is -2.29. The van der Waals surface area contributed by atoms with Crippen molar-refractivity contribution < 1.29 is 18.3 Å². The Hall–Kier alpha value is -1.45. The van der Waals surface area contributed by atoms with Crippen molar-refractivity contribution in [3.8, 4) is 0 Å². The predicted octanol–water partition coefficient (Wildman–Crippen LogP) is 3.41. The third kappa shape index (κ3) is 7.23. The Kier molecular flexibility index (Phi) is 10.6. The van der Waals surface area contributed by atoms with Gasteiger partial charge in [0, 0.05) is 19.6 Å². The molecule has 0 radical (unpaired) electrons. The molecule has 8 heteroatoms. The fourth-order valence-corrected chi connectivity index (χ4v) is 3.18.